The first-order valence-electron chi connectivity index (χ1n) is 10.9. The third-order valence-corrected chi connectivity index (χ3v) is 6.44. The molecule has 5 heterocycles. The maximum absolute atomic E-state index is 9.56. The number of hydrogen-bond acceptors (Lipinski definition) is 6. The lowest BCUT2D eigenvalue weighted by Crippen LogP contribution is -2.52. The molecule has 31 heavy (non-hydrogen) atoms. The van der Waals surface area contributed by atoms with Gasteiger partial charge in [-0.05, 0) is 43.0 Å². The number of H-pyrrole nitrogens is 1. The fourth-order valence-corrected chi connectivity index (χ4v) is 4.64. The van der Waals surface area contributed by atoms with Gasteiger partial charge in [-0.15, -0.1) is 0 Å². The van der Waals surface area contributed by atoms with Crippen molar-refractivity contribution in [1.82, 2.24) is 29.9 Å². The zero-order valence-corrected chi connectivity index (χ0v) is 18.5. The molecule has 0 aromatic carbocycles. The monoisotopic (exact) mass is 419 g/mol. The van der Waals surface area contributed by atoms with Crippen molar-refractivity contribution in [2.24, 2.45) is 0 Å². The average molecular weight is 420 g/mol. The highest BCUT2D eigenvalue weighted by atomic mass is 16.3. The maximum Gasteiger partial charge on any atom is 0.158 e. The molecule has 0 unspecified atom stereocenters. The van der Waals surface area contributed by atoms with E-state index in [1.165, 1.54) is 11.1 Å². The molecule has 1 atom stereocenters. The molecule has 4 aromatic rings. The van der Waals surface area contributed by atoms with Crippen LogP contribution in [0.5, 0.6) is 0 Å². The molecule has 0 bridgehead atoms. The minimum Gasteiger partial charge on any atom is -0.395 e. The smallest absolute Gasteiger partial charge is 0.158 e. The van der Waals surface area contributed by atoms with Crippen LogP contribution in [0.1, 0.15) is 36.5 Å². The summed E-state index contributed by atoms with van der Waals surface area (Å²) in [6, 6.07) is 4.28. The Balaban J connectivity index is 1.66. The predicted molar refractivity (Wildman–Crippen MR) is 123 cm³/mol. The largest absolute Gasteiger partial charge is 0.395 e. The maximum atomic E-state index is 9.56. The summed E-state index contributed by atoms with van der Waals surface area (Å²) in [6.45, 7) is 11.3. The Morgan fingerprint density at radius 3 is 2.84 bits per heavy atom. The van der Waals surface area contributed by atoms with Crippen LogP contribution in [0.3, 0.4) is 0 Å². The molecule has 0 amide bonds. The number of fused-ring (bicyclic) bond motifs is 2. The van der Waals surface area contributed by atoms with E-state index in [2.05, 4.69) is 71.3 Å². The van der Waals surface area contributed by atoms with E-state index in [1.807, 2.05) is 4.52 Å². The van der Waals surface area contributed by atoms with E-state index in [1.54, 1.807) is 6.33 Å². The summed E-state index contributed by atoms with van der Waals surface area (Å²) in [4.78, 5) is 15.4. The van der Waals surface area contributed by atoms with Crippen molar-refractivity contribution < 1.29 is 5.11 Å². The van der Waals surface area contributed by atoms with Crippen molar-refractivity contribution >= 4 is 22.5 Å². The SMILES string of the molecule is Cc1c(-c2[nH]c3ccc(N4CCN[C@H](CO)C4)nc3c2C(C)C)cn2ncnc2c1C. The quantitative estimate of drug-likeness (QED) is 0.471. The van der Waals surface area contributed by atoms with Gasteiger partial charge in [0.15, 0.2) is 5.65 Å². The Labute approximate surface area is 181 Å². The Hall–Kier alpha value is -2.97. The first kappa shape index (κ1) is 20.0. The summed E-state index contributed by atoms with van der Waals surface area (Å²) in [6.07, 6.45) is 3.66. The number of aryl methyl sites for hydroxylation is 1. The first-order chi connectivity index (χ1) is 15.0. The molecule has 0 spiro atoms. The number of aliphatic hydroxyl groups excluding tert-OH is 1. The van der Waals surface area contributed by atoms with E-state index in [-0.39, 0.29) is 12.6 Å². The Morgan fingerprint density at radius 1 is 1.23 bits per heavy atom. The van der Waals surface area contributed by atoms with E-state index in [0.29, 0.717) is 5.92 Å². The summed E-state index contributed by atoms with van der Waals surface area (Å²) in [5.74, 6) is 1.25. The van der Waals surface area contributed by atoms with Crippen LogP contribution in [-0.4, -0.2) is 62.0 Å². The standard InChI is InChI=1S/C23H29N7O/c1-13(2)20-21(17-10-30-23(25-12-26-30)15(4)14(17)3)27-18-5-6-19(28-22(18)20)29-8-7-24-16(9-29)11-31/h5-6,10,12-13,16,24,27,31H,7-9,11H2,1-4H3/t16-/m0/s1. The van der Waals surface area contributed by atoms with Gasteiger partial charge in [0.25, 0.3) is 0 Å². The molecule has 8 heteroatoms. The van der Waals surface area contributed by atoms with Gasteiger partial charge in [-0.25, -0.2) is 14.5 Å². The third kappa shape index (κ3) is 3.26. The van der Waals surface area contributed by atoms with E-state index in [9.17, 15) is 5.11 Å². The van der Waals surface area contributed by atoms with Crippen LogP contribution < -0.4 is 10.2 Å². The number of pyridine rings is 2. The molecule has 3 N–H and O–H groups in total. The molecule has 0 saturated carbocycles. The molecule has 1 fully saturated rings. The number of aliphatic hydroxyl groups is 1. The minimum atomic E-state index is 0.0811. The summed E-state index contributed by atoms with van der Waals surface area (Å²) in [7, 11) is 0. The molecule has 8 nitrogen and oxygen atoms in total. The molecule has 1 aliphatic heterocycles. The van der Waals surface area contributed by atoms with Crippen LogP contribution in [0.25, 0.3) is 27.9 Å². The summed E-state index contributed by atoms with van der Waals surface area (Å²) >= 11 is 0. The van der Waals surface area contributed by atoms with Gasteiger partial charge < -0.3 is 20.3 Å². The highest BCUT2D eigenvalue weighted by Crippen LogP contribution is 2.37. The topological polar surface area (TPSA) is 94.4 Å². The lowest BCUT2D eigenvalue weighted by molar-refractivity contribution is 0.235. The fraction of sp³-hybridized carbons (Fsp3) is 0.435. The number of anilines is 1. The van der Waals surface area contributed by atoms with Crippen LogP contribution >= 0.6 is 0 Å². The lowest BCUT2D eigenvalue weighted by Gasteiger charge is -2.33. The highest BCUT2D eigenvalue weighted by Gasteiger charge is 2.23. The van der Waals surface area contributed by atoms with Gasteiger partial charge in [0.05, 0.1) is 23.3 Å². The first-order valence-corrected chi connectivity index (χ1v) is 10.9. The van der Waals surface area contributed by atoms with Gasteiger partial charge in [-0.1, -0.05) is 13.8 Å². The van der Waals surface area contributed by atoms with Crippen molar-refractivity contribution in [3.63, 3.8) is 0 Å². The van der Waals surface area contributed by atoms with Crippen molar-refractivity contribution in [3.8, 4) is 11.3 Å². The molecule has 1 saturated heterocycles. The minimum absolute atomic E-state index is 0.0811. The van der Waals surface area contributed by atoms with Gasteiger partial charge >= 0.3 is 0 Å². The third-order valence-electron chi connectivity index (χ3n) is 6.44. The molecule has 5 rings (SSSR count). The van der Waals surface area contributed by atoms with E-state index >= 15 is 0 Å². The van der Waals surface area contributed by atoms with Crippen molar-refractivity contribution in [2.75, 3.05) is 31.1 Å². The molecule has 1 aliphatic rings. The molecule has 162 valence electrons. The van der Waals surface area contributed by atoms with Crippen LogP contribution in [0.2, 0.25) is 0 Å². The molecule has 4 aromatic heterocycles. The predicted octanol–water partition coefficient (Wildman–Crippen LogP) is 2.78. The molecule has 0 radical (unpaired) electrons. The highest BCUT2D eigenvalue weighted by molar-refractivity contribution is 5.90. The van der Waals surface area contributed by atoms with E-state index < -0.39 is 0 Å². The summed E-state index contributed by atoms with van der Waals surface area (Å²) in [5, 5.41) is 17.3. The second-order valence-corrected chi connectivity index (χ2v) is 8.73. The second kappa shape index (κ2) is 7.62. The molecular formula is C23H29N7O. The number of hydrogen-bond donors (Lipinski definition) is 3. The van der Waals surface area contributed by atoms with Crippen molar-refractivity contribution in [1.29, 1.82) is 0 Å². The second-order valence-electron chi connectivity index (χ2n) is 8.73. The molecule has 0 aliphatic carbocycles. The lowest BCUT2D eigenvalue weighted by atomic mass is 9.95. The number of aromatic nitrogens is 5. The van der Waals surface area contributed by atoms with E-state index in [4.69, 9.17) is 4.98 Å². The normalized spacial score (nSPS) is 17.4. The number of nitrogens with zero attached hydrogens (tertiary/aromatic N) is 5. The zero-order valence-electron chi connectivity index (χ0n) is 18.5. The van der Waals surface area contributed by atoms with Crippen LogP contribution in [0, 0.1) is 13.8 Å². The van der Waals surface area contributed by atoms with Gasteiger partial charge in [0.2, 0.25) is 0 Å². The van der Waals surface area contributed by atoms with Crippen molar-refractivity contribution in [2.45, 2.75) is 39.7 Å². The number of aromatic amines is 1. The number of rotatable bonds is 4. The van der Waals surface area contributed by atoms with Gasteiger partial charge in [-0.3, -0.25) is 0 Å². The van der Waals surface area contributed by atoms with Gasteiger partial charge in [-0.2, -0.15) is 5.10 Å². The van der Waals surface area contributed by atoms with Crippen LogP contribution in [0.15, 0.2) is 24.7 Å². The number of nitrogens with one attached hydrogen (secondary N) is 2. The van der Waals surface area contributed by atoms with Gasteiger partial charge in [0, 0.05) is 43.0 Å². The fourth-order valence-electron chi connectivity index (χ4n) is 4.64. The van der Waals surface area contributed by atoms with E-state index in [0.717, 1.165) is 59.0 Å². The Kier molecular flexibility index (Phi) is 4.91. The molecular weight excluding hydrogens is 390 g/mol. The summed E-state index contributed by atoms with van der Waals surface area (Å²) < 4.78 is 1.85. The Bertz CT molecular complexity index is 1260. The Morgan fingerprint density at radius 2 is 2.06 bits per heavy atom. The zero-order chi connectivity index (χ0) is 21.7. The van der Waals surface area contributed by atoms with Crippen LogP contribution in [-0.2, 0) is 0 Å². The summed E-state index contributed by atoms with van der Waals surface area (Å²) in [5.41, 5.74) is 8.70. The number of piperazine rings is 1. The average Bonchev–Trinajstić information content (AvgIpc) is 3.40. The van der Waals surface area contributed by atoms with Gasteiger partial charge in [0.1, 0.15) is 12.1 Å². The van der Waals surface area contributed by atoms with Crippen LogP contribution in [0.4, 0.5) is 5.82 Å². The van der Waals surface area contributed by atoms with Crippen molar-refractivity contribution in [3.05, 3.63) is 41.3 Å².